The minimum Gasteiger partial charge on any atom is -0.481 e. The van der Waals surface area contributed by atoms with Crippen LogP contribution < -0.4 is 10.1 Å². The van der Waals surface area contributed by atoms with Gasteiger partial charge >= 0.3 is 0 Å². The van der Waals surface area contributed by atoms with Crippen LogP contribution in [0.2, 0.25) is 0 Å². The van der Waals surface area contributed by atoms with Crippen molar-refractivity contribution in [3.05, 3.63) is 45.4 Å². The third-order valence-corrected chi connectivity index (χ3v) is 4.05. The third-order valence-electron chi connectivity index (χ3n) is 3.22. The molecule has 4 nitrogen and oxygen atoms in total. The Morgan fingerprint density at radius 1 is 1.27 bits per heavy atom. The molecule has 0 saturated carbocycles. The van der Waals surface area contributed by atoms with E-state index in [1.54, 1.807) is 18.3 Å². The van der Waals surface area contributed by atoms with Crippen LogP contribution in [0.5, 0.6) is 5.75 Å². The Kier molecular flexibility index (Phi) is 5.55. The molecular weight excluding hydrogens is 296 g/mol. The topological polar surface area (TPSA) is 51.2 Å². The van der Waals surface area contributed by atoms with E-state index >= 15 is 0 Å². The number of hydrogen-bond acceptors (Lipinski definition) is 4. The summed E-state index contributed by atoms with van der Waals surface area (Å²) in [6, 6.07) is 5.96. The van der Waals surface area contributed by atoms with Gasteiger partial charge in [-0.25, -0.2) is 4.98 Å². The molecular formula is C17H22N2O2S. The zero-order valence-corrected chi connectivity index (χ0v) is 14.3. The second-order valence-corrected chi connectivity index (χ2v) is 6.54. The van der Waals surface area contributed by atoms with Crippen molar-refractivity contribution in [2.45, 2.75) is 40.2 Å². The largest absolute Gasteiger partial charge is 0.481 e. The fourth-order valence-corrected chi connectivity index (χ4v) is 2.89. The number of aryl methyl sites for hydroxylation is 3. The molecule has 0 saturated heterocycles. The highest BCUT2D eigenvalue weighted by Crippen LogP contribution is 2.17. The third kappa shape index (κ3) is 4.84. The summed E-state index contributed by atoms with van der Waals surface area (Å²) in [5.74, 6) is 0.626. The Bertz CT molecular complexity index is 632. The van der Waals surface area contributed by atoms with Gasteiger partial charge in [0, 0.05) is 18.3 Å². The summed E-state index contributed by atoms with van der Waals surface area (Å²) in [6.45, 7) is 8.34. The van der Waals surface area contributed by atoms with Crippen LogP contribution in [0.4, 0.5) is 0 Å². The Balaban J connectivity index is 1.81. The second kappa shape index (κ2) is 7.40. The van der Waals surface area contributed by atoms with Crippen LogP contribution in [0.1, 0.15) is 28.8 Å². The summed E-state index contributed by atoms with van der Waals surface area (Å²) in [4.78, 5) is 16.4. The van der Waals surface area contributed by atoms with E-state index in [2.05, 4.69) is 16.4 Å². The van der Waals surface area contributed by atoms with E-state index < -0.39 is 6.10 Å². The number of thiazole rings is 1. The molecule has 1 amide bonds. The number of nitrogens with one attached hydrogen (secondary N) is 1. The van der Waals surface area contributed by atoms with E-state index in [4.69, 9.17) is 4.74 Å². The van der Waals surface area contributed by atoms with E-state index in [0.717, 1.165) is 34.0 Å². The number of carbonyl (C=O) groups is 1. The number of carbonyl (C=O) groups excluding carboxylic acids is 1. The lowest BCUT2D eigenvalue weighted by atomic mass is 10.1. The molecule has 5 heteroatoms. The summed E-state index contributed by atoms with van der Waals surface area (Å²) in [5, 5.41) is 5.96. The molecule has 0 aliphatic carbocycles. The normalized spacial score (nSPS) is 12.0. The van der Waals surface area contributed by atoms with E-state index in [1.807, 2.05) is 38.3 Å². The van der Waals surface area contributed by atoms with Crippen molar-refractivity contribution in [1.82, 2.24) is 10.3 Å². The lowest BCUT2D eigenvalue weighted by molar-refractivity contribution is -0.127. The number of nitrogens with zero attached hydrogens (tertiary/aromatic N) is 1. The molecule has 1 aromatic carbocycles. The van der Waals surface area contributed by atoms with Crippen LogP contribution >= 0.6 is 11.3 Å². The minimum atomic E-state index is -0.515. The van der Waals surface area contributed by atoms with E-state index in [0.29, 0.717) is 6.54 Å². The summed E-state index contributed by atoms with van der Waals surface area (Å²) < 4.78 is 5.72. The molecule has 0 unspecified atom stereocenters. The number of hydrogen-bond donors (Lipinski definition) is 1. The van der Waals surface area contributed by atoms with Gasteiger partial charge < -0.3 is 10.1 Å². The predicted octanol–water partition coefficient (Wildman–Crippen LogP) is 3.19. The van der Waals surface area contributed by atoms with Gasteiger partial charge in [-0.15, -0.1) is 11.3 Å². The van der Waals surface area contributed by atoms with Crippen LogP contribution in [-0.4, -0.2) is 23.5 Å². The maximum absolute atomic E-state index is 12.1. The maximum atomic E-state index is 12.1. The zero-order chi connectivity index (χ0) is 16.1. The van der Waals surface area contributed by atoms with Gasteiger partial charge in [-0.2, -0.15) is 0 Å². The number of amides is 1. The molecule has 0 aliphatic rings. The molecule has 1 heterocycles. The van der Waals surface area contributed by atoms with E-state index in [1.165, 1.54) is 0 Å². The molecule has 2 rings (SSSR count). The molecule has 0 radical (unpaired) electrons. The molecule has 118 valence electrons. The van der Waals surface area contributed by atoms with Crippen molar-refractivity contribution < 1.29 is 9.53 Å². The second-order valence-electron chi connectivity index (χ2n) is 5.48. The molecule has 1 N–H and O–H groups in total. The van der Waals surface area contributed by atoms with E-state index in [9.17, 15) is 4.79 Å². The van der Waals surface area contributed by atoms with Crippen LogP contribution in [0.3, 0.4) is 0 Å². The van der Waals surface area contributed by atoms with Crippen molar-refractivity contribution in [2.24, 2.45) is 0 Å². The highest BCUT2D eigenvalue weighted by molar-refractivity contribution is 7.09. The monoisotopic (exact) mass is 318 g/mol. The number of ether oxygens (including phenoxy) is 1. The summed E-state index contributed by atoms with van der Waals surface area (Å²) >= 11 is 1.63. The molecule has 0 fully saturated rings. The Morgan fingerprint density at radius 3 is 2.55 bits per heavy atom. The molecule has 1 aromatic heterocycles. The standard InChI is InChI=1S/C17H22N2O2S/c1-11-7-12(2)9-16(8-11)21-13(3)17(20)18-6-5-15-10-22-14(4)19-15/h7-10,13H,5-6H2,1-4H3,(H,18,20)/t13-/m1/s1. The highest BCUT2D eigenvalue weighted by atomic mass is 32.1. The molecule has 1 atom stereocenters. The first-order chi connectivity index (χ1) is 10.4. The summed E-state index contributed by atoms with van der Waals surface area (Å²) in [5.41, 5.74) is 3.27. The van der Waals surface area contributed by atoms with Gasteiger partial charge in [0.15, 0.2) is 6.10 Å². The van der Waals surface area contributed by atoms with Gasteiger partial charge in [0.1, 0.15) is 5.75 Å². The SMILES string of the molecule is Cc1cc(C)cc(O[C@H](C)C(=O)NCCc2csc(C)n2)c1. The molecule has 0 aliphatic heterocycles. The Labute approximate surface area is 135 Å². The molecule has 0 bridgehead atoms. The van der Waals surface area contributed by atoms with E-state index in [-0.39, 0.29) is 5.91 Å². The van der Waals surface area contributed by atoms with Crippen LogP contribution in [0, 0.1) is 20.8 Å². The van der Waals surface area contributed by atoms with Gasteiger partial charge in [0.25, 0.3) is 5.91 Å². The van der Waals surface area contributed by atoms with Crippen molar-refractivity contribution in [1.29, 1.82) is 0 Å². The quantitative estimate of drug-likeness (QED) is 0.890. The molecule has 22 heavy (non-hydrogen) atoms. The van der Waals surface area contributed by atoms with Crippen LogP contribution in [0.15, 0.2) is 23.6 Å². The van der Waals surface area contributed by atoms with Gasteiger partial charge in [0.05, 0.1) is 10.7 Å². The average Bonchev–Trinajstić information content (AvgIpc) is 2.83. The highest BCUT2D eigenvalue weighted by Gasteiger charge is 2.14. The van der Waals surface area contributed by atoms with Crippen molar-refractivity contribution in [2.75, 3.05) is 6.54 Å². The van der Waals surface area contributed by atoms with Gasteiger partial charge in [-0.3, -0.25) is 4.79 Å². The smallest absolute Gasteiger partial charge is 0.260 e. The number of benzene rings is 1. The lowest BCUT2D eigenvalue weighted by Crippen LogP contribution is -2.37. The van der Waals surface area contributed by atoms with Crippen molar-refractivity contribution >= 4 is 17.2 Å². The van der Waals surface area contributed by atoms with Crippen molar-refractivity contribution in [3.8, 4) is 5.75 Å². The van der Waals surface area contributed by atoms with Gasteiger partial charge in [-0.05, 0) is 51.0 Å². The maximum Gasteiger partial charge on any atom is 0.260 e. The summed E-state index contributed by atoms with van der Waals surface area (Å²) in [6.07, 6.45) is 0.227. The van der Waals surface area contributed by atoms with Gasteiger partial charge in [0.2, 0.25) is 0 Å². The first-order valence-corrected chi connectivity index (χ1v) is 8.25. The fraction of sp³-hybridized carbons (Fsp3) is 0.412. The molecule has 0 spiro atoms. The average molecular weight is 318 g/mol. The van der Waals surface area contributed by atoms with Crippen LogP contribution in [0.25, 0.3) is 0 Å². The summed E-state index contributed by atoms with van der Waals surface area (Å²) in [7, 11) is 0. The molecule has 2 aromatic rings. The minimum absolute atomic E-state index is 0.105. The van der Waals surface area contributed by atoms with Gasteiger partial charge in [-0.1, -0.05) is 6.07 Å². The number of rotatable bonds is 6. The van der Waals surface area contributed by atoms with Crippen molar-refractivity contribution in [3.63, 3.8) is 0 Å². The Hall–Kier alpha value is -1.88. The van der Waals surface area contributed by atoms with Crippen LogP contribution in [-0.2, 0) is 11.2 Å². The lowest BCUT2D eigenvalue weighted by Gasteiger charge is -2.15. The Morgan fingerprint density at radius 2 is 1.95 bits per heavy atom. The number of aromatic nitrogens is 1. The first kappa shape index (κ1) is 16.5. The predicted molar refractivity (Wildman–Crippen MR) is 89.6 cm³/mol. The first-order valence-electron chi connectivity index (χ1n) is 7.37. The zero-order valence-electron chi connectivity index (χ0n) is 13.5. The fourth-order valence-electron chi connectivity index (χ4n) is 2.24.